The Labute approximate surface area is 107 Å². The van der Waals surface area contributed by atoms with E-state index in [-0.39, 0.29) is 5.41 Å². The molecule has 0 heterocycles. The first kappa shape index (κ1) is 14.2. The number of hydrogen-bond acceptors (Lipinski definition) is 1. The third kappa shape index (κ3) is 4.16. The maximum Gasteiger partial charge on any atom is -0.00406 e. The molecule has 0 saturated carbocycles. The van der Waals surface area contributed by atoms with Crippen LogP contribution in [0.1, 0.15) is 50.3 Å². The molecule has 0 fully saturated rings. The zero-order chi connectivity index (χ0) is 12.9. The average molecular weight is 233 g/mol. The lowest BCUT2D eigenvalue weighted by Crippen LogP contribution is -2.26. The van der Waals surface area contributed by atoms with E-state index in [0.717, 1.165) is 13.1 Å². The van der Waals surface area contributed by atoms with Gasteiger partial charge in [0.25, 0.3) is 0 Å². The van der Waals surface area contributed by atoms with Gasteiger partial charge in [0.1, 0.15) is 0 Å². The molecule has 0 aliphatic rings. The van der Waals surface area contributed by atoms with Crippen molar-refractivity contribution in [2.75, 3.05) is 13.1 Å². The van der Waals surface area contributed by atoms with Crippen LogP contribution in [0.5, 0.6) is 0 Å². The topological polar surface area (TPSA) is 12.0 Å². The van der Waals surface area contributed by atoms with Crippen molar-refractivity contribution in [1.82, 2.24) is 5.32 Å². The molecule has 0 unspecified atom stereocenters. The molecule has 17 heavy (non-hydrogen) atoms. The fourth-order valence-corrected chi connectivity index (χ4v) is 2.01. The molecule has 1 heteroatoms. The number of rotatable bonds is 6. The van der Waals surface area contributed by atoms with Crippen LogP contribution >= 0.6 is 0 Å². The maximum absolute atomic E-state index is 3.49. The van der Waals surface area contributed by atoms with Gasteiger partial charge in [0, 0.05) is 0 Å². The summed E-state index contributed by atoms with van der Waals surface area (Å²) in [7, 11) is 0. The van der Waals surface area contributed by atoms with Gasteiger partial charge in [0.05, 0.1) is 0 Å². The molecule has 1 aromatic carbocycles. The van der Waals surface area contributed by atoms with E-state index in [1.807, 2.05) is 0 Å². The molecular formula is C16H27N. The largest absolute Gasteiger partial charge is 0.317 e. The van der Waals surface area contributed by atoms with Crippen LogP contribution in [-0.4, -0.2) is 13.1 Å². The van der Waals surface area contributed by atoms with Crippen molar-refractivity contribution >= 4 is 0 Å². The molecule has 0 bridgehead atoms. The Morgan fingerprint density at radius 1 is 1.06 bits per heavy atom. The lowest BCUT2D eigenvalue weighted by atomic mass is 9.80. The first-order valence-electron chi connectivity index (χ1n) is 6.76. The summed E-state index contributed by atoms with van der Waals surface area (Å²) in [6.45, 7) is 13.5. The van der Waals surface area contributed by atoms with Gasteiger partial charge in [-0.25, -0.2) is 0 Å². The summed E-state index contributed by atoms with van der Waals surface area (Å²) in [4.78, 5) is 0. The van der Waals surface area contributed by atoms with Crippen LogP contribution in [0.3, 0.4) is 0 Å². The molecule has 1 N–H and O–H groups in total. The van der Waals surface area contributed by atoms with Crippen LogP contribution in [0.25, 0.3) is 0 Å². The fourth-order valence-electron chi connectivity index (χ4n) is 2.01. The van der Waals surface area contributed by atoms with Crippen LogP contribution in [0.4, 0.5) is 0 Å². The van der Waals surface area contributed by atoms with Crippen LogP contribution in [0.15, 0.2) is 18.2 Å². The zero-order valence-electron chi connectivity index (χ0n) is 12.1. The van der Waals surface area contributed by atoms with Gasteiger partial charge in [-0.05, 0) is 61.9 Å². The van der Waals surface area contributed by atoms with E-state index in [9.17, 15) is 0 Å². The smallest absolute Gasteiger partial charge is 0.00406 e. The van der Waals surface area contributed by atoms with Gasteiger partial charge in [-0.2, -0.15) is 0 Å². The summed E-state index contributed by atoms with van der Waals surface area (Å²) in [6.07, 6.45) is 2.40. The first-order valence-corrected chi connectivity index (χ1v) is 6.76. The van der Waals surface area contributed by atoms with Crippen LogP contribution in [0.2, 0.25) is 0 Å². The molecule has 0 amide bonds. The molecule has 96 valence electrons. The molecule has 0 radical (unpaired) electrons. The predicted octanol–water partition coefficient (Wildman–Crippen LogP) is 3.97. The highest BCUT2D eigenvalue weighted by Crippen LogP contribution is 2.28. The summed E-state index contributed by atoms with van der Waals surface area (Å²) in [5.41, 5.74) is 4.50. The Hall–Kier alpha value is -0.820. The average Bonchev–Trinajstić information content (AvgIpc) is 2.28. The third-order valence-electron chi connectivity index (χ3n) is 3.64. The monoisotopic (exact) mass is 233 g/mol. The fraction of sp³-hybridized carbons (Fsp3) is 0.625. The van der Waals surface area contributed by atoms with Crippen molar-refractivity contribution < 1.29 is 0 Å². The minimum absolute atomic E-state index is 0.263. The van der Waals surface area contributed by atoms with Crippen molar-refractivity contribution in [3.05, 3.63) is 34.9 Å². The molecule has 0 aliphatic carbocycles. The van der Waals surface area contributed by atoms with E-state index in [1.165, 1.54) is 29.5 Å². The highest BCUT2D eigenvalue weighted by Gasteiger charge is 2.20. The summed E-state index contributed by atoms with van der Waals surface area (Å²) >= 11 is 0. The molecule has 1 rings (SSSR count). The van der Waals surface area contributed by atoms with Gasteiger partial charge in [-0.1, -0.05) is 39.0 Å². The van der Waals surface area contributed by atoms with E-state index < -0.39 is 0 Å². The van der Waals surface area contributed by atoms with Crippen molar-refractivity contribution in [2.24, 2.45) is 0 Å². The first-order chi connectivity index (χ1) is 7.97. The quantitative estimate of drug-likeness (QED) is 0.733. The Morgan fingerprint density at radius 2 is 1.76 bits per heavy atom. The van der Waals surface area contributed by atoms with E-state index in [2.05, 4.69) is 58.1 Å². The summed E-state index contributed by atoms with van der Waals surface area (Å²) < 4.78 is 0. The standard InChI is InChI=1S/C16H27N/c1-6-10-17-11-9-16(4,5)15-8-7-13(2)14(3)12-15/h7-8,12,17H,6,9-11H2,1-5H3. The lowest BCUT2D eigenvalue weighted by molar-refractivity contribution is 0.457. The number of nitrogens with one attached hydrogen (secondary N) is 1. The minimum Gasteiger partial charge on any atom is -0.317 e. The molecule has 0 spiro atoms. The van der Waals surface area contributed by atoms with Gasteiger partial charge < -0.3 is 5.32 Å². The minimum atomic E-state index is 0.263. The molecule has 0 aromatic heterocycles. The number of benzene rings is 1. The normalized spacial score (nSPS) is 11.8. The molecule has 1 nitrogen and oxygen atoms in total. The van der Waals surface area contributed by atoms with E-state index in [1.54, 1.807) is 0 Å². The summed E-state index contributed by atoms with van der Waals surface area (Å²) in [5.74, 6) is 0. The lowest BCUT2D eigenvalue weighted by Gasteiger charge is -2.26. The van der Waals surface area contributed by atoms with Crippen molar-refractivity contribution in [3.63, 3.8) is 0 Å². The zero-order valence-corrected chi connectivity index (χ0v) is 12.1. The Kier molecular flexibility index (Phi) is 5.20. The Bertz CT molecular complexity index is 353. The Morgan fingerprint density at radius 3 is 2.35 bits per heavy atom. The van der Waals surface area contributed by atoms with Crippen LogP contribution in [-0.2, 0) is 5.41 Å². The van der Waals surface area contributed by atoms with Gasteiger partial charge in [-0.3, -0.25) is 0 Å². The van der Waals surface area contributed by atoms with E-state index in [0.29, 0.717) is 0 Å². The van der Waals surface area contributed by atoms with Crippen molar-refractivity contribution in [3.8, 4) is 0 Å². The van der Waals surface area contributed by atoms with Crippen LogP contribution < -0.4 is 5.32 Å². The van der Waals surface area contributed by atoms with E-state index in [4.69, 9.17) is 0 Å². The highest BCUT2D eigenvalue weighted by atomic mass is 14.8. The molecule has 0 atom stereocenters. The van der Waals surface area contributed by atoms with Gasteiger partial charge in [-0.15, -0.1) is 0 Å². The maximum atomic E-state index is 3.49. The molecular weight excluding hydrogens is 206 g/mol. The SMILES string of the molecule is CCCNCCC(C)(C)c1ccc(C)c(C)c1. The molecule has 0 saturated heterocycles. The number of aryl methyl sites for hydroxylation is 2. The Balaban J connectivity index is 2.64. The van der Waals surface area contributed by atoms with Gasteiger partial charge in [0.15, 0.2) is 0 Å². The van der Waals surface area contributed by atoms with Gasteiger partial charge >= 0.3 is 0 Å². The second kappa shape index (κ2) is 6.20. The van der Waals surface area contributed by atoms with E-state index >= 15 is 0 Å². The van der Waals surface area contributed by atoms with Crippen molar-refractivity contribution in [1.29, 1.82) is 0 Å². The molecule has 1 aromatic rings. The third-order valence-corrected chi connectivity index (χ3v) is 3.64. The molecule has 0 aliphatic heterocycles. The second-order valence-corrected chi connectivity index (χ2v) is 5.68. The summed E-state index contributed by atoms with van der Waals surface area (Å²) in [6, 6.07) is 6.86. The van der Waals surface area contributed by atoms with Crippen LogP contribution in [0, 0.1) is 13.8 Å². The summed E-state index contributed by atoms with van der Waals surface area (Å²) in [5, 5.41) is 3.49. The van der Waals surface area contributed by atoms with Crippen molar-refractivity contribution in [2.45, 2.75) is 52.9 Å². The number of hydrogen-bond donors (Lipinski definition) is 1. The second-order valence-electron chi connectivity index (χ2n) is 5.68. The highest BCUT2D eigenvalue weighted by molar-refractivity contribution is 5.33. The van der Waals surface area contributed by atoms with Gasteiger partial charge in [0.2, 0.25) is 0 Å². The predicted molar refractivity (Wildman–Crippen MR) is 76.7 cm³/mol.